The van der Waals surface area contributed by atoms with Crippen molar-refractivity contribution in [3.8, 4) is 17.2 Å². The number of ether oxygens (including phenoxy) is 1. The average molecular weight is 515 g/mol. The quantitative estimate of drug-likeness (QED) is 0.328. The topological polar surface area (TPSA) is 106 Å². The van der Waals surface area contributed by atoms with Gasteiger partial charge in [-0.25, -0.2) is 18.7 Å². The van der Waals surface area contributed by atoms with Gasteiger partial charge in [-0.3, -0.25) is 14.9 Å². The van der Waals surface area contributed by atoms with Gasteiger partial charge in [0.05, 0.1) is 37.0 Å². The molecule has 37 heavy (non-hydrogen) atoms. The maximum Gasteiger partial charge on any atom is 0.262 e. The van der Waals surface area contributed by atoms with Gasteiger partial charge in [-0.05, 0) is 25.0 Å². The van der Waals surface area contributed by atoms with E-state index in [0.29, 0.717) is 42.9 Å². The zero-order chi connectivity index (χ0) is 26.4. The van der Waals surface area contributed by atoms with E-state index in [4.69, 9.17) is 9.15 Å². The highest BCUT2D eigenvalue weighted by atomic mass is 19.3. The third-order valence-corrected chi connectivity index (χ3v) is 6.56. The molecule has 0 radical (unpaired) electrons. The number of nitrogens with zero attached hydrogens (tertiary/aromatic N) is 2. The first kappa shape index (κ1) is 26.7. The number of amides is 1. The van der Waals surface area contributed by atoms with Crippen LogP contribution in [-0.4, -0.2) is 47.3 Å². The van der Waals surface area contributed by atoms with Gasteiger partial charge >= 0.3 is 0 Å². The van der Waals surface area contributed by atoms with E-state index in [2.05, 4.69) is 20.6 Å². The number of fused-ring (bicyclic) bond motifs is 1. The number of alkyl halides is 2. The first-order chi connectivity index (χ1) is 17.8. The summed E-state index contributed by atoms with van der Waals surface area (Å²) in [5, 5.41) is 6.33. The number of aromatic nitrogens is 2. The van der Waals surface area contributed by atoms with Crippen LogP contribution < -0.4 is 15.4 Å². The van der Waals surface area contributed by atoms with Crippen LogP contribution in [-0.2, 0) is 9.59 Å². The standard InChI is InChI=1S/C27H32F2N4O4/c1-3-18(34)10-5-4-6-12-21(32-24(35)22-14-27(28,29)16-31-22)26-30-15-23(37-26)19-13-17-9-7-8-11-20(17)33-25(19)36-2/h7-9,11,13,15,21-22,31H,3-6,10,12,14,16H2,1-2H3,(H,32,35)/t21?,22-/m0/s1. The van der Waals surface area contributed by atoms with Crippen molar-refractivity contribution in [1.29, 1.82) is 0 Å². The molecule has 3 aromatic rings. The van der Waals surface area contributed by atoms with Crippen molar-refractivity contribution >= 4 is 22.6 Å². The fourth-order valence-corrected chi connectivity index (χ4v) is 4.46. The van der Waals surface area contributed by atoms with Gasteiger partial charge in [0, 0.05) is 24.6 Å². The zero-order valence-corrected chi connectivity index (χ0v) is 21.1. The molecule has 1 amide bonds. The number of methoxy groups -OCH3 is 1. The Morgan fingerprint density at radius 2 is 2.08 bits per heavy atom. The van der Waals surface area contributed by atoms with Crippen LogP contribution in [0.2, 0.25) is 0 Å². The molecule has 1 saturated heterocycles. The Bertz CT molecular complexity index is 1250. The highest BCUT2D eigenvalue weighted by molar-refractivity contribution is 5.85. The number of unbranched alkanes of at least 4 members (excludes halogenated alkanes) is 2. The van der Waals surface area contributed by atoms with Crippen molar-refractivity contribution in [3.63, 3.8) is 0 Å². The third-order valence-electron chi connectivity index (χ3n) is 6.56. The number of halogens is 2. The van der Waals surface area contributed by atoms with Crippen molar-refractivity contribution < 1.29 is 27.5 Å². The SMILES string of the molecule is CCC(=O)CCCCCC(NC(=O)[C@@H]1CC(F)(F)CN1)c1ncc(-c2cc3ccccc3nc2OC)o1. The largest absolute Gasteiger partial charge is 0.480 e. The molecule has 1 fully saturated rings. The maximum atomic E-state index is 13.7. The minimum absolute atomic E-state index is 0.216. The second-order valence-corrected chi connectivity index (χ2v) is 9.35. The molecule has 0 bridgehead atoms. The Morgan fingerprint density at radius 1 is 1.27 bits per heavy atom. The van der Waals surface area contributed by atoms with E-state index in [-0.39, 0.29) is 11.7 Å². The molecule has 0 saturated carbocycles. The molecule has 0 aliphatic carbocycles. The number of pyridine rings is 1. The van der Waals surface area contributed by atoms with Gasteiger partial charge in [-0.2, -0.15) is 0 Å². The summed E-state index contributed by atoms with van der Waals surface area (Å²) in [7, 11) is 1.52. The van der Waals surface area contributed by atoms with Crippen molar-refractivity contribution in [2.24, 2.45) is 0 Å². The average Bonchev–Trinajstić information content (AvgIpc) is 3.53. The monoisotopic (exact) mass is 514 g/mol. The number of nitrogens with one attached hydrogen (secondary N) is 2. The van der Waals surface area contributed by atoms with Gasteiger partial charge in [0.25, 0.3) is 5.92 Å². The molecule has 1 aliphatic rings. The summed E-state index contributed by atoms with van der Waals surface area (Å²) in [5.74, 6) is -2.16. The molecule has 10 heteroatoms. The molecule has 2 aromatic heterocycles. The molecule has 8 nitrogen and oxygen atoms in total. The highest BCUT2D eigenvalue weighted by Gasteiger charge is 2.42. The number of carbonyl (C=O) groups excluding carboxylic acids is 2. The van der Waals surface area contributed by atoms with E-state index >= 15 is 0 Å². The predicted octanol–water partition coefficient (Wildman–Crippen LogP) is 4.98. The van der Waals surface area contributed by atoms with Gasteiger partial charge in [-0.15, -0.1) is 0 Å². The molecule has 1 aliphatic heterocycles. The third kappa shape index (κ3) is 6.68. The summed E-state index contributed by atoms with van der Waals surface area (Å²) in [6, 6.07) is 7.91. The predicted molar refractivity (Wildman–Crippen MR) is 134 cm³/mol. The fraction of sp³-hybridized carbons (Fsp3) is 0.481. The summed E-state index contributed by atoms with van der Waals surface area (Å²) in [6.07, 6.45) is 4.76. The van der Waals surface area contributed by atoms with Crippen LogP contribution in [0.5, 0.6) is 5.88 Å². The van der Waals surface area contributed by atoms with E-state index in [9.17, 15) is 18.4 Å². The van der Waals surface area contributed by atoms with Gasteiger partial charge < -0.3 is 14.5 Å². The Balaban J connectivity index is 1.53. The molecule has 1 unspecified atom stereocenters. The number of oxazole rings is 1. The van der Waals surface area contributed by atoms with Crippen LogP contribution >= 0.6 is 0 Å². The van der Waals surface area contributed by atoms with Gasteiger partial charge in [0.15, 0.2) is 5.76 Å². The first-order valence-corrected chi connectivity index (χ1v) is 12.6. The number of para-hydroxylation sites is 1. The number of benzene rings is 1. The molecule has 2 atom stereocenters. The van der Waals surface area contributed by atoms with E-state index in [1.54, 1.807) is 6.20 Å². The summed E-state index contributed by atoms with van der Waals surface area (Å²) >= 11 is 0. The molecule has 4 rings (SSSR count). The van der Waals surface area contributed by atoms with Crippen LogP contribution in [0, 0.1) is 0 Å². The second kappa shape index (κ2) is 11.8. The molecular weight excluding hydrogens is 482 g/mol. The molecule has 198 valence electrons. The zero-order valence-electron chi connectivity index (χ0n) is 21.1. The van der Waals surface area contributed by atoms with E-state index in [0.717, 1.165) is 23.7 Å². The van der Waals surface area contributed by atoms with Crippen LogP contribution in [0.15, 0.2) is 40.9 Å². The number of rotatable bonds is 12. The summed E-state index contributed by atoms with van der Waals surface area (Å²) < 4.78 is 38.8. The second-order valence-electron chi connectivity index (χ2n) is 9.35. The van der Waals surface area contributed by atoms with Crippen LogP contribution in [0.25, 0.3) is 22.2 Å². The summed E-state index contributed by atoms with van der Waals surface area (Å²) in [5.41, 5.74) is 1.38. The van der Waals surface area contributed by atoms with E-state index in [1.807, 2.05) is 37.3 Å². The van der Waals surface area contributed by atoms with Crippen LogP contribution in [0.1, 0.15) is 63.8 Å². The summed E-state index contributed by atoms with van der Waals surface area (Å²) in [4.78, 5) is 33.3. The minimum Gasteiger partial charge on any atom is -0.480 e. The fourth-order valence-electron chi connectivity index (χ4n) is 4.46. The Hall–Kier alpha value is -3.40. The number of ketones is 1. The highest BCUT2D eigenvalue weighted by Crippen LogP contribution is 2.34. The van der Waals surface area contributed by atoms with E-state index in [1.165, 1.54) is 7.11 Å². The van der Waals surface area contributed by atoms with Crippen molar-refractivity contribution in [1.82, 2.24) is 20.6 Å². The van der Waals surface area contributed by atoms with E-state index < -0.39 is 36.9 Å². The van der Waals surface area contributed by atoms with Gasteiger partial charge in [0.2, 0.25) is 17.7 Å². The van der Waals surface area contributed by atoms with Crippen molar-refractivity contribution in [2.75, 3.05) is 13.7 Å². The lowest BCUT2D eigenvalue weighted by molar-refractivity contribution is -0.124. The van der Waals surface area contributed by atoms with Crippen molar-refractivity contribution in [3.05, 3.63) is 42.4 Å². The number of hydrogen-bond donors (Lipinski definition) is 2. The molecular formula is C27H32F2N4O4. The van der Waals surface area contributed by atoms with Crippen LogP contribution in [0.4, 0.5) is 8.78 Å². The Kier molecular flexibility index (Phi) is 8.48. The smallest absolute Gasteiger partial charge is 0.262 e. The molecule has 0 spiro atoms. The maximum absolute atomic E-state index is 13.7. The number of carbonyl (C=O) groups is 2. The van der Waals surface area contributed by atoms with Crippen LogP contribution in [0.3, 0.4) is 0 Å². The molecule has 3 heterocycles. The Labute approximate surface area is 214 Å². The Morgan fingerprint density at radius 3 is 2.81 bits per heavy atom. The lowest BCUT2D eigenvalue weighted by Crippen LogP contribution is -2.42. The van der Waals surface area contributed by atoms with Gasteiger partial charge in [-0.1, -0.05) is 38.0 Å². The van der Waals surface area contributed by atoms with Crippen molar-refractivity contribution in [2.45, 2.75) is 69.9 Å². The first-order valence-electron chi connectivity index (χ1n) is 12.6. The number of Topliss-reactive ketones (excluding diaryl/α,β-unsaturated/α-hetero) is 1. The lowest BCUT2D eigenvalue weighted by atomic mass is 10.0. The van der Waals surface area contributed by atoms with Gasteiger partial charge in [0.1, 0.15) is 11.8 Å². The lowest BCUT2D eigenvalue weighted by Gasteiger charge is -2.18. The minimum atomic E-state index is -2.92. The molecule has 2 N–H and O–H groups in total. The normalized spacial score (nSPS) is 17.6. The molecule has 1 aromatic carbocycles. The number of hydrogen-bond acceptors (Lipinski definition) is 7. The summed E-state index contributed by atoms with van der Waals surface area (Å²) in [6.45, 7) is 1.31.